The highest BCUT2D eigenvalue weighted by Crippen LogP contribution is 2.44. The van der Waals surface area contributed by atoms with E-state index in [1.54, 1.807) is 36.4 Å². The third-order valence-electron chi connectivity index (χ3n) is 7.89. The lowest BCUT2D eigenvalue weighted by Gasteiger charge is -2.38. The quantitative estimate of drug-likeness (QED) is 0.438. The van der Waals surface area contributed by atoms with Crippen LogP contribution in [0.3, 0.4) is 0 Å². The lowest BCUT2D eigenvalue weighted by molar-refractivity contribution is -0.185. The smallest absolute Gasteiger partial charge is 0.426 e. The molecule has 2 fully saturated rings. The molecule has 168 valence electrons. The van der Waals surface area contributed by atoms with Crippen LogP contribution < -0.4 is 4.74 Å². The molecule has 2 saturated carbocycles. The van der Waals surface area contributed by atoms with Gasteiger partial charge in [-0.25, -0.2) is 0 Å². The number of aryl methyl sites for hydroxylation is 1. The zero-order valence-electron chi connectivity index (χ0n) is 19.0. The zero-order valence-corrected chi connectivity index (χ0v) is 21.0. The van der Waals surface area contributed by atoms with Crippen LogP contribution in [0.4, 0.5) is 8.78 Å². The Morgan fingerprint density at radius 1 is 0.806 bits per heavy atom. The van der Waals surface area contributed by atoms with Crippen LogP contribution in [-0.2, 0) is 6.11 Å². The highest BCUT2D eigenvalue weighted by Gasteiger charge is 2.35. The summed E-state index contributed by atoms with van der Waals surface area (Å²) in [7, 11) is 1.35. The monoisotopic (exact) mass is 442 g/mol. The molecule has 2 aliphatic rings. The van der Waals surface area contributed by atoms with Gasteiger partial charge in [0.25, 0.3) is 0 Å². The molecule has 2 aromatic carbocycles. The average molecular weight is 443 g/mol. The van der Waals surface area contributed by atoms with Crippen molar-refractivity contribution in [1.82, 2.24) is 0 Å². The Balaban J connectivity index is 1.32. The number of benzene rings is 2. The first-order valence-electron chi connectivity index (χ1n) is 12.2. The third kappa shape index (κ3) is 5.57. The molecule has 0 radical (unpaired) electrons. The minimum Gasteiger partial charge on any atom is -0.429 e. The molecule has 4 heteroatoms. The van der Waals surface area contributed by atoms with E-state index < -0.39 is 6.11 Å². The molecule has 0 aliphatic heterocycles. The van der Waals surface area contributed by atoms with Crippen molar-refractivity contribution in [3.05, 3.63) is 65.2 Å². The van der Waals surface area contributed by atoms with Gasteiger partial charge in [-0.1, -0.05) is 48.7 Å². The highest BCUT2D eigenvalue weighted by molar-refractivity contribution is 6.08. The van der Waals surface area contributed by atoms with E-state index in [2.05, 4.69) is 0 Å². The van der Waals surface area contributed by atoms with Gasteiger partial charge in [0.05, 0.1) is 5.56 Å². The largest absolute Gasteiger partial charge is 0.429 e. The predicted octanol–water partition coefficient (Wildman–Crippen LogP) is 6.99. The van der Waals surface area contributed by atoms with Crippen LogP contribution in [0.25, 0.3) is 0 Å². The van der Waals surface area contributed by atoms with Gasteiger partial charge < -0.3 is 4.74 Å². The van der Waals surface area contributed by atoms with Crippen molar-refractivity contribution in [3.8, 4) is 5.75 Å². The highest BCUT2D eigenvalue weighted by atomic mass is 28.1. The van der Waals surface area contributed by atoms with Crippen molar-refractivity contribution in [2.24, 2.45) is 17.8 Å². The predicted molar refractivity (Wildman–Crippen MR) is 127 cm³/mol. The zero-order chi connectivity index (χ0) is 21.8. The van der Waals surface area contributed by atoms with Crippen molar-refractivity contribution in [2.75, 3.05) is 0 Å². The van der Waals surface area contributed by atoms with Gasteiger partial charge in [-0.05, 0) is 98.9 Å². The number of hydrogen-bond acceptors (Lipinski definition) is 1. The van der Waals surface area contributed by atoms with Crippen LogP contribution in [-0.4, -0.2) is 10.2 Å². The number of rotatable bonds is 6. The van der Waals surface area contributed by atoms with Crippen LogP contribution in [0.2, 0.25) is 6.04 Å². The van der Waals surface area contributed by atoms with Gasteiger partial charge >= 0.3 is 6.11 Å². The molecule has 0 unspecified atom stereocenters. The molecule has 0 heterocycles. The Morgan fingerprint density at radius 2 is 1.35 bits per heavy atom. The van der Waals surface area contributed by atoms with E-state index in [1.165, 1.54) is 73.2 Å². The van der Waals surface area contributed by atoms with Crippen LogP contribution in [0, 0.1) is 24.7 Å². The number of halogens is 2. The average Bonchev–Trinajstić information content (AvgIpc) is 2.81. The molecule has 0 aromatic heterocycles. The Labute approximate surface area is 189 Å². The van der Waals surface area contributed by atoms with E-state index in [4.69, 9.17) is 4.74 Å². The maximum atomic E-state index is 14.6. The normalized spacial score (nSPS) is 27.2. The topological polar surface area (TPSA) is 9.23 Å². The van der Waals surface area contributed by atoms with Gasteiger partial charge in [-0.3, -0.25) is 0 Å². The summed E-state index contributed by atoms with van der Waals surface area (Å²) < 4.78 is 34.2. The van der Waals surface area contributed by atoms with Gasteiger partial charge in [0.2, 0.25) is 0 Å². The maximum Gasteiger partial charge on any atom is 0.426 e. The Bertz CT molecular complexity index is 817. The molecule has 0 bridgehead atoms. The van der Waals surface area contributed by atoms with E-state index >= 15 is 0 Å². The second kappa shape index (κ2) is 9.85. The molecule has 0 atom stereocenters. The Morgan fingerprint density at radius 3 is 1.90 bits per heavy atom. The fourth-order valence-electron chi connectivity index (χ4n) is 5.75. The summed E-state index contributed by atoms with van der Waals surface area (Å²) in [4.78, 5) is 0. The summed E-state index contributed by atoms with van der Waals surface area (Å²) in [6, 6.07) is 15.1. The van der Waals surface area contributed by atoms with Crippen LogP contribution >= 0.6 is 0 Å². The fraction of sp³-hybridized carbons (Fsp3) is 0.556. The molecule has 0 N–H and O–H groups in total. The van der Waals surface area contributed by atoms with E-state index in [0.717, 1.165) is 23.3 Å². The number of ether oxygens (including phenoxy) is 1. The van der Waals surface area contributed by atoms with E-state index in [-0.39, 0.29) is 11.3 Å². The molecule has 2 aromatic rings. The van der Waals surface area contributed by atoms with Crippen molar-refractivity contribution in [3.63, 3.8) is 0 Å². The number of alkyl halides is 2. The molecule has 31 heavy (non-hydrogen) atoms. The Hall–Kier alpha value is -1.68. The van der Waals surface area contributed by atoms with E-state index in [0.29, 0.717) is 5.92 Å². The molecule has 0 saturated heterocycles. The van der Waals surface area contributed by atoms with Crippen LogP contribution in [0.5, 0.6) is 5.75 Å². The lowest BCUT2D eigenvalue weighted by Crippen LogP contribution is -2.25. The summed E-state index contributed by atoms with van der Waals surface area (Å²) in [6.07, 6.45) is 7.44. The molecule has 1 nitrogen and oxygen atoms in total. The summed E-state index contributed by atoms with van der Waals surface area (Å²) in [5.74, 6) is 3.54. The Kier molecular flexibility index (Phi) is 7.15. The van der Waals surface area contributed by atoms with Crippen molar-refractivity contribution in [2.45, 2.75) is 76.4 Å². The van der Waals surface area contributed by atoms with Crippen molar-refractivity contribution >= 4 is 10.2 Å². The van der Waals surface area contributed by atoms with Gasteiger partial charge in [0.15, 0.2) is 0 Å². The first-order chi connectivity index (χ1) is 14.9. The summed E-state index contributed by atoms with van der Waals surface area (Å²) >= 11 is 0. The molecular weight excluding hydrogens is 406 g/mol. The van der Waals surface area contributed by atoms with Gasteiger partial charge in [-0.15, -0.1) is 0 Å². The fourth-order valence-corrected chi connectivity index (χ4v) is 6.57. The lowest BCUT2D eigenvalue weighted by atomic mass is 9.68. The summed E-state index contributed by atoms with van der Waals surface area (Å²) in [6.45, 7) is 1.92. The second-order valence-electron chi connectivity index (χ2n) is 9.85. The van der Waals surface area contributed by atoms with Crippen LogP contribution in [0.15, 0.2) is 48.5 Å². The van der Waals surface area contributed by atoms with Gasteiger partial charge in [0, 0.05) is 10.2 Å². The minimum atomic E-state index is -3.33. The van der Waals surface area contributed by atoms with E-state index in [1.807, 2.05) is 19.1 Å². The standard InChI is InChI=1S/C27H36F2OSi/c1-19-2-16-26(17-3-19)30-27(28,29)25-14-12-24(13-15-25)23-10-8-22(9-11-23)21-6-4-20(18-31)5-7-21/h2-3,12-17,20-23H,4-11,18H2,1,31H3. The number of hydrogen-bond donors (Lipinski definition) is 0. The van der Waals surface area contributed by atoms with Crippen molar-refractivity contribution in [1.29, 1.82) is 0 Å². The summed E-state index contributed by atoms with van der Waals surface area (Å²) in [5, 5.41) is 0. The van der Waals surface area contributed by atoms with E-state index in [9.17, 15) is 8.78 Å². The molecule has 4 rings (SSSR count). The minimum absolute atomic E-state index is 0.0822. The third-order valence-corrected chi connectivity index (χ3v) is 9.05. The SMILES string of the molecule is Cc1ccc(OC(F)(F)c2ccc(C3CCC(C4CCC(C[SiH3])CC4)CC3)cc2)cc1. The second-order valence-corrected chi connectivity index (χ2v) is 10.7. The molecule has 0 spiro atoms. The first kappa shape index (κ1) is 22.5. The molecule has 2 aliphatic carbocycles. The van der Waals surface area contributed by atoms with Crippen LogP contribution in [0.1, 0.15) is 74.0 Å². The maximum absolute atomic E-state index is 14.6. The molecule has 0 amide bonds. The summed E-state index contributed by atoms with van der Waals surface area (Å²) in [5.41, 5.74) is 2.14. The molecular formula is C27H36F2OSi. The van der Waals surface area contributed by atoms with Gasteiger partial charge in [-0.2, -0.15) is 8.78 Å². The first-order valence-corrected chi connectivity index (χ1v) is 13.6. The van der Waals surface area contributed by atoms with Gasteiger partial charge in [0.1, 0.15) is 5.75 Å². The van der Waals surface area contributed by atoms with Crippen molar-refractivity contribution < 1.29 is 13.5 Å².